The number of carbonyl (C=O) groups is 2. The molecule has 2 rings (SSSR count). The fraction of sp³-hybridized carbons (Fsp3) is 0.440. The van der Waals surface area contributed by atoms with Gasteiger partial charge in [-0.05, 0) is 67.6 Å². The van der Waals surface area contributed by atoms with E-state index in [0.29, 0.717) is 24.8 Å². The molecule has 0 heterocycles. The first-order valence-electron chi connectivity index (χ1n) is 10.7. The summed E-state index contributed by atoms with van der Waals surface area (Å²) >= 11 is 3.54. The molecule has 0 aliphatic carbocycles. The van der Waals surface area contributed by atoms with Gasteiger partial charge in [0, 0.05) is 17.6 Å². The van der Waals surface area contributed by atoms with Gasteiger partial charge in [-0.1, -0.05) is 41.9 Å². The van der Waals surface area contributed by atoms with Crippen LogP contribution in [0.2, 0.25) is 0 Å². The number of carbonyl (C=O) groups excluding carboxylic acids is 2. The number of aryl methyl sites for hydroxylation is 2. The van der Waals surface area contributed by atoms with Gasteiger partial charge in [-0.15, -0.1) is 0 Å². The van der Waals surface area contributed by atoms with Crippen LogP contribution >= 0.6 is 15.9 Å². The predicted molar refractivity (Wildman–Crippen MR) is 130 cm³/mol. The fourth-order valence-corrected chi connectivity index (χ4v) is 3.41. The second-order valence-electron chi connectivity index (χ2n) is 8.34. The maximum absolute atomic E-state index is 13.2. The molecule has 0 aliphatic heterocycles. The molecular formula is C25H33BrN2O4. The van der Waals surface area contributed by atoms with Crippen molar-refractivity contribution in [1.82, 2.24) is 10.2 Å². The molecule has 0 aromatic heterocycles. The first kappa shape index (κ1) is 25.7. The maximum Gasteiger partial charge on any atom is 0.261 e. The van der Waals surface area contributed by atoms with Crippen LogP contribution in [-0.4, -0.2) is 43.0 Å². The van der Waals surface area contributed by atoms with Gasteiger partial charge in [0.2, 0.25) is 5.91 Å². The molecule has 0 radical (unpaired) electrons. The Hall–Kier alpha value is -2.54. The Morgan fingerprint density at radius 3 is 2.16 bits per heavy atom. The number of hydrogen-bond acceptors (Lipinski definition) is 4. The van der Waals surface area contributed by atoms with Crippen molar-refractivity contribution < 1.29 is 19.1 Å². The Morgan fingerprint density at radius 2 is 1.62 bits per heavy atom. The minimum atomic E-state index is -0.639. The minimum Gasteiger partial charge on any atom is -0.497 e. The van der Waals surface area contributed by atoms with E-state index in [4.69, 9.17) is 9.47 Å². The van der Waals surface area contributed by atoms with Crippen LogP contribution in [0, 0.1) is 19.8 Å². The van der Waals surface area contributed by atoms with Crippen molar-refractivity contribution in [3.05, 3.63) is 57.6 Å². The highest BCUT2D eigenvalue weighted by atomic mass is 79.9. The number of nitrogens with zero attached hydrogens (tertiary/aromatic N) is 1. The standard InChI is InChI=1S/C25H33BrN2O4/c1-16(2)13-27-25(30)19(5)28(14-20-7-9-21(31-6)10-8-20)23(29)15-32-22-11-17(3)24(26)18(4)12-22/h7-12,16,19H,13-15H2,1-6H3,(H,27,30)/t19-/m0/s1. The SMILES string of the molecule is COc1ccc(CN(C(=O)COc2cc(C)c(Br)c(C)c2)[C@@H](C)C(=O)NCC(C)C)cc1. The molecule has 174 valence electrons. The summed E-state index contributed by atoms with van der Waals surface area (Å²) in [5, 5.41) is 2.92. The Kier molecular flexibility index (Phi) is 9.57. The summed E-state index contributed by atoms with van der Waals surface area (Å²) in [4.78, 5) is 27.4. The van der Waals surface area contributed by atoms with E-state index >= 15 is 0 Å². The van der Waals surface area contributed by atoms with Crippen LogP contribution in [0.25, 0.3) is 0 Å². The van der Waals surface area contributed by atoms with Crippen molar-refractivity contribution in [2.24, 2.45) is 5.92 Å². The summed E-state index contributed by atoms with van der Waals surface area (Å²) in [5.74, 6) is 1.24. The molecule has 6 nitrogen and oxygen atoms in total. The summed E-state index contributed by atoms with van der Waals surface area (Å²) in [6.07, 6.45) is 0. The van der Waals surface area contributed by atoms with E-state index in [1.165, 1.54) is 0 Å². The Balaban J connectivity index is 2.17. The van der Waals surface area contributed by atoms with Crippen LogP contribution in [0.3, 0.4) is 0 Å². The normalized spacial score (nSPS) is 11.8. The third-order valence-corrected chi connectivity index (χ3v) is 6.39. The van der Waals surface area contributed by atoms with E-state index in [-0.39, 0.29) is 18.4 Å². The second-order valence-corrected chi connectivity index (χ2v) is 9.14. The van der Waals surface area contributed by atoms with E-state index in [0.717, 1.165) is 26.9 Å². The average molecular weight is 505 g/mol. The van der Waals surface area contributed by atoms with Gasteiger partial charge in [-0.3, -0.25) is 9.59 Å². The smallest absolute Gasteiger partial charge is 0.261 e. The zero-order chi connectivity index (χ0) is 23.8. The number of ether oxygens (including phenoxy) is 2. The lowest BCUT2D eigenvalue weighted by Crippen LogP contribution is -2.49. The van der Waals surface area contributed by atoms with Crippen molar-refractivity contribution in [1.29, 1.82) is 0 Å². The van der Waals surface area contributed by atoms with Crippen molar-refractivity contribution in [2.45, 2.75) is 47.2 Å². The highest BCUT2D eigenvalue weighted by Gasteiger charge is 2.26. The van der Waals surface area contributed by atoms with Gasteiger partial charge < -0.3 is 19.7 Å². The van der Waals surface area contributed by atoms with Gasteiger partial charge in [0.25, 0.3) is 5.91 Å². The summed E-state index contributed by atoms with van der Waals surface area (Å²) < 4.78 is 12.0. The molecule has 7 heteroatoms. The molecule has 0 spiro atoms. The molecule has 32 heavy (non-hydrogen) atoms. The van der Waals surface area contributed by atoms with Crippen molar-refractivity contribution in [3.8, 4) is 11.5 Å². The van der Waals surface area contributed by atoms with Crippen LogP contribution in [0.4, 0.5) is 0 Å². The van der Waals surface area contributed by atoms with Gasteiger partial charge in [-0.25, -0.2) is 0 Å². The molecule has 2 amide bonds. The Bertz CT molecular complexity index is 905. The molecule has 2 aromatic carbocycles. The van der Waals surface area contributed by atoms with E-state index in [1.54, 1.807) is 18.9 Å². The molecule has 0 saturated carbocycles. The topological polar surface area (TPSA) is 67.9 Å². The van der Waals surface area contributed by atoms with Gasteiger partial charge in [0.15, 0.2) is 6.61 Å². The van der Waals surface area contributed by atoms with Crippen LogP contribution in [0.15, 0.2) is 40.9 Å². The molecule has 0 saturated heterocycles. The van der Waals surface area contributed by atoms with Gasteiger partial charge >= 0.3 is 0 Å². The van der Waals surface area contributed by atoms with Gasteiger partial charge in [-0.2, -0.15) is 0 Å². The highest BCUT2D eigenvalue weighted by Crippen LogP contribution is 2.26. The molecule has 0 bridgehead atoms. The van der Waals surface area contributed by atoms with E-state index in [9.17, 15) is 9.59 Å². The van der Waals surface area contributed by atoms with Crippen LogP contribution in [-0.2, 0) is 16.1 Å². The quantitative estimate of drug-likeness (QED) is 0.511. The van der Waals surface area contributed by atoms with E-state index < -0.39 is 6.04 Å². The number of nitrogens with one attached hydrogen (secondary N) is 1. The van der Waals surface area contributed by atoms with Crippen molar-refractivity contribution >= 4 is 27.7 Å². The molecule has 0 unspecified atom stereocenters. The summed E-state index contributed by atoms with van der Waals surface area (Å²) in [5.41, 5.74) is 2.96. The number of halogens is 1. The van der Waals surface area contributed by atoms with E-state index in [2.05, 4.69) is 21.2 Å². The summed E-state index contributed by atoms with van der Waals surface area (Å²) in [7, 11) is 1.61. The third kappa shape index (κ3) is 7.26. The molecule has 1 atom stereocenters. The van der Waals surface area contributed by atoms with Gasteiger partial charge in [0.05, 0.1) is 7.11 Å². The third-order valence-electron chi connectivity index (χ3n) is 5.14. The van der Waals surface area contributed by atoms with Crippen molar-refractivity contribution in [2.75, 3.05) is 20.3 Å². The molecular weight excluding hydrogens is 472 g/mol. The minimum absolute atomic E-state index is 0.154. The Morgan fingerprint density at radius 1 is 1.03 bits per heavy atom. The maximum atomic E-state index is 13.2. The number of amides is 2. The summed E-state index contributed by atoms with van der Waals surface area (Å²) in [6, 6.07) is 10.6. The fourth-order valence-electron chi connectivity index (χ4n) is 3.18. The molecule has 1 N–H and O–H groups in total. The zero-order valence-electron chi connectivity index (χ0n) is 19.7. The second kappa shape index (κ2) is 11.9. The van der Waals surface area contributed by atoms with Crippen molar-refractivity contribution in [3.63, 3.8) is 0 Å². The van der Waals surface area contributed by atoms with Gasteiger partial charge in [0.1, 0.15) is 17.5 Å². The van der Waals surface area contributed by atoms with E-state index in [1.807, 2.05) is 64.1 Å². The largest absolute Gasteiger partial charge is 0.497 e. The molecule has 0 aliphatic rings. The van der Waals surface area contributed by atoms with Crippen LogP contribution in [0.5, 0.6) is 11.5 Å². The highest BCUT2D eigenvalue weighted by molar-refractivity contribution is 9.10. The number of hydrogen-bond donors (Lipinski definition) is 1. The Labute approximate surface area is 199 Å². The lowest BCUT2D eigenvalue weighted by atomic mass is 10.1. The average Bonchev–Trinajstić information content (AvgIpc) is 2.77. The molecule has 0 fully saturated rings. The monoisotopic (exact) mass is 504 g/mol. The molecule has 2 aromatic rings. The zero-order valence-corrected chi connectivity index (χ0v) is 21.3. The van der Waals surface area contributed by atoms with Crippen LogP contribution < -0.4 is 14.8 Å². The first-order valence-corrected chi connectivity index (χ1v) is 11.5. The number of methoxy groups -OCH3 is 1. The van der Waals surface area contributed by atoms with Crippen LogP contribution in [0.1, 0.15) is 37.5 Å². The predicted octanol–water partition coefficient (Wildman–Crippen LogP) is 4.64. The number of rotatable bonds is 10. The first-order chi connectivity index (χ1) is 15.1. The lowest BCUT2D eigenvalue weighted by Gasteiger charge is -2.29. The lowest BCUT2D eigenvalue weighted by molar-refractivity contribution is -0.142. The number of benzene rings is 2. The summed E-state index contributed by atoms with van der Waals surface area (Å²) in [6.45, 7) is 10.4.